The Bertz CT molecular complexity index is 1040. The van der Waals surface area contributed by atoms with Gasteiger partial charge in [-0.15, -0.1) is 0 Å². The fourth-order valence-electron chi connectivity index (χ4n) is 4.05. The van der Waals surface area contributed by atoms with Gasteiger partial charge in [0.2, 0.25) is 10.0 Å². The van der Waals surface area contributed by atoms with Crippen molar-refractivity contribution < 1.29 is 27.4 Å². The van der Waals surface area contributed by atoms with Crippen LogP contribution in [0.3, 0.4) is 0 Å². The van der Waals surface area contributed by atoms with E-state index in [0.717, 1.165) is 0 Å². The van der Waals surface area contributed by atoms with Crippen LogP contribution in [0, 0.1) is 5.82 Å². The quantitative estimate of drug-likeness (QED) is 0.537. The molecule has 162 valence electrons. The minimum absolute atomic E-state index is 0.0610. The van der Waals surface area contributed by atoms with E-state index in [1.807, 2.05) is 0 Å². The van der Waals surface area contributed by atoms with Crippen molar-refractivity contribution in [2.75, 3.05) is 20.2 Å². The largest absolute Gasteiger partial charge is 0.507 e. The fourth-order valence-corrected chi connectivity index (χ4v) is 5.32. The zero-order valence-corrected chi connectivity index (χ0v) is 17.2. The molecule has 1 heterocycles. The summed E-state index contributed by atoms with van der Waals surface area (Å²) in [6, 6.07) is 10.1. The number of amides is 1. The van der Waals surface area contributed by atoms with Crippen molar-refractivity contribution in [3.05, 3.63) is 59.4 Å². The molecule has 1 saturated heterocycles. The minimum atomic E-state index is -4.37. The van der Waals surface area contributed by atoms with E-state index in [-0.39, 0.29) is 35.5 Å². The zero-order chi connectivity index (χ0) is 21.9. The van der Waals surface area contributed by atoms with Gasteiger partial charge in [0, 0.05) is 5.41 Å². The number of piperidine rings is 1. The number of nitrogens with two attached hydrogens (primary N) is 1. The Morgan fingerprint density at radius 2 is 1.90 bits per heavy atom. The lowest BCUT2D eigenvalue weighted by Gasteiger charge is -2.43. The third kappa shape index (κ3) is 4.11. The number of rotatable bonds is 6. The van der Waals surface area contributed by atoms with Gasteiger partial charge in [-0.2, -0.15) is 0 Å². The summed E-state index contributed by atoms with van der Waals surface area (Å²) in [5, 5.41) is 19.6. The smallest absolute Gasteiger partial charge is 0.259 e. The summed E-state index contributed by atoms with van der Waals surface area (Å²) in [6.45, 7) is 0.826. The van der Waals surface area contributed by atoms with E-state index >= 15 is 0 Å². The lowest BCUT2D eigenvalue weighted by Crippen LogP contribution is -2.60. The summed E-state index contributed by atoms with van der Waals surface area (Å²) < 4.78 is 45.2. The number of sulfonamides is 1. The van der Waals surface area contributed by atoms with Gasteiger partial charge in [-0.3, -0.25) is 4.79 Å². The van der Waals surface area contributed by atoms with E-state index in [0.29, 0.717) is 13.1 Å². The Morgan fingerprint density at radius 3 is 2.50 bits per heavy atom. The average Bonchev–Trinajstić information content (AvgIpc) is 2.71. The number of nitrogens with one attached hydrogen (secondary N) is 2. The number of phenolic OH excluding ortho intramolecular Hbond substituents is 1. The second-order valence-corrected chi connectivity index (χ2v) is 8.83. The lowest BCUT2D eigenvalue weighted by molar-refractivity contribution is 0.0918. The predicted molar refractivity (Wildman–Crippen MR) is 109 cm³/mol. The molecule has 30 heavy (non-hydrogen) atoms. The van der Waals surface area contributed by atoms with Crippen molar-refractivity contribution in [2.45, 2.75) is 23.6 Å². The summed E-state index contributed by atoms with van der Waals surface area (Å²) in [5.74, 6) is -1.79. The van der Waals surface area contributed by atoms with E-state index < -0.39 is 32.5 Å². The molecule has 8 nitrogen and oxygen atoms in total. The maximum Gasteiger partial charge on any atom is 0.259 e. The molecule has 1 fully saturated rings. The van der Waals surface area contributed by atoms with Crippen molar-refractivity contribution in [3.8, 4) is 11.5 Å². The summed E-state index contributed by atoms with van der Waals surface area (Å²) >= 11 is 0. The van der Waals surface area contributed by atoms with Gasteiger partial charge in [0.05, 0.1) is 7.11 Å². The standard InChI is InChI=1S/C20H24FN3O5S/c1-29-16-8-4-7-15(25)17(16)18(26)24-19(30(22,27)28)20(9-11-23-12-10-20)13-5-2-3-6-14(13)21/h2-8,19,23,25H,9-12H2,1H3,(H,24,26)(H2,22,27,28). The normalized spacial score (nSPS) is 17.2. The molecule has 0 aromatic heterocycles. The van der Waals surface area contributed by atoms with E-state index in [1.54, 1.807) is 6.07 Å². The van der Waals surface area contributed by atoms with Gasteiger partial charge in [-0.05, 0) is 49.7 Å². The molecule has 0 bridgehead atoms. The van der Waals surface area contributed by atoms with Gasteiger partial charge in [0.1, 0.15) is 22.9 Å². The number of benzene rings is 2. The first kappa shape index (κ1) is 22.0. The highest BCUT2D eigenvalue weighted by molar-refractivity contribution is 7.89. The molecule has 0 radical (unpaired) electrons. The topological polar surface area (TPSA) is 131 Å². The highest BCUT2D eigenvalue weighted by Crippen LogP contribution is 2.40. The number of methoxy groups -OCH3 is 1. The van der Waals surface area contributed by atoms with Gasteiger partial charge in [0.15, 0.2) is 5.37 Å². The minimum Gasteiger partial charge on any atom is -0.507 e. The molecule has 0 aliphatic carbocycles. The van der Waals surface area contributed by atoms with E-state index in [2.05, 4.69) is 10.6 Å². The maximum atomic E-state index is 14.8. The van der Waals surface area contributed by atoms with Crippen LogP contribution in [0.2, 0.25) is 0 Å². The molecule has 2 aromatic carbocycles. The highest BCUT2D eigenvalue weighted by atomic mass is 32.2. The van der Waals surface area contributed by atoms with Crippen molar-refractivity contribution >= 4 is 15.9 Å². The molecule has 0 spiro atoms. The van der Waals surface area contributed by atoms with Crippen molar-refractivity contribution in [2.24, 2.45) is 5.14 Å². The van der Waals surface area contributed by atoms with Crippen LogP contribution >= 0.6 is 0 Å². The second-order valence-electron chi connectivity index (χ2n) is 7.18. The van der Waals surface area contributed by atoms with Crippen molar-refractivity contribution in [3.63, 3.8) is 0 Å². The molecule has 1 aliphatic rings. The van der Waals surface area contributed by atoms with Gasteiger partial charge < -0.3 is 20.5 Å². The number of hydrogen-bond donors (Lipinski definition) is 4. The molecule has 1 amide bonds. The maximum absolute atomic E-state index is 14.8. The first-order valence-electron chi connectivity index (χ1n) is 9.35. The number of carbonyl (C=O) groups is 1. The first-order valence-corrected chi connectivity index (χ1v) is 11.0. The second kappa shape index (κ2) is 8.58. The van der Waals surface area contributed by atoms with Crippen LogP contribution in [0.4, 0.5) is 4.39 Å². The summed E-state index contributed by atoms with van der Waals surface area (Å²) in [6.07, 6.45) is 0.459. The Hall–Kier alpha value is -2.69. The molecular formula is C20H24FN3O5S. The molecular weight excluding hydrogens is 413 g/mol. The SMILES string of the molecule is COc1cccc(O)c1C(=O)NC(C1(c2ccccc2F)CCNCC1)S(N)(=O)=O. The summed E-state index contributed by atoms with van der Waals surface area (Å²) in [5.41, 5.74) is -1.36. The highest BCUT2D eigenvalue weighted by Gasteiger charge is 2.49. The number of aromatic hydroxyl groups is 1. The van der Waals surface area contributed by atoms with Crippen molar-refractivity contribution in [1.29, 1.82) is 0 Å². The summed E-state index contributed by atoms with van der Waals surface area (Å²) in [4.78, 5) is 13.0. The number of hydrogen-bond acceptors (Lipinski definition) is 6. The zero-order valence-electron chi connectivity index (χ0n) is 16.4. The van der Waals surface area contributed by atoms with Crippen LogP contribution in [0.15, 0.2) is 42.5 Å². The molecule has 5 N–H and O–H groups in total. The van der Waals surface area contributed by atoms with Crippen LogP contribution in [0.25, 0.3) is 0 Å². The number of phenols is 1. The molecule has 3 rings (SSSR count). The number of primary sulfonamides is 1. The third-order valence-corrected chi connectivity index (χ3v) is 6.68. The molecule has 1 aliphatic heterocycles. The Kier molecular flexibility index (Phi) is 6.30. The molecule has 1 atom stereocenters. The van der Waals surface area contributed by atoms with Gasteiger partial charge in [-0.25, -0.2) is 17.9 Å². The average molecular weight is 437 g/mol. The molecule has 1 unspecified atom stereocenters. The van der Waals surface area contributed by atoms with Crippen LogP contribution in [0.5, 0.6) is 11.5 Å². The van der Waals surface area contributed by atoms with Crippen LogP contribution in [-0.4, -0.2) is 45.0 Å². The summed E-state index contributed by atoms with van der Waals surface area (Å²) in [7, 11) is -3.06. The monoisotopic (exact) mass is 437 g/mol. The Morgan fingerprint density at radius 1 is 1.23 bits per heavy atom. The molecule has 2 aromatic rings. The van der Waals surface area contributed by atoms with Crippen LogP contribution < -0.4 is 20.5 Å². The van der Waals surface area contributed by atoms with Gasteiger partial charge in [-0.1, -0.05) is 24.3 Å². The lowest BCUT2D eigenvalue weighted by atomic mass is 9.72. The van der Waals surface area contributed by atoms with Gasteiger partial charge >= 0.3 is 0 Å². The van der Waals surface area contributed by atoms with E-state index in [4.69, 9.17) is 9.88 Å². The molecule has 10 heteroatoms. The van der Waals surface area contributed by atoms with E-state index in [9.17, 15) is 22.7 Å². The first-order chi connectivity index (χ1) is 14.2. The number of ether oxygens (including phenoxy) is 1. The van der Waals surface area contributed by atoms with Gasteiger partial charge in [0.25, 0.3) is 5.91 Å². The Labute approximate surface area is 174 Å². The van der Waals surface area contributed by atoms with Crippen LogP contribution in [-0.2, 0) is 15.4 Å². The number of halogens is 1. The van der Waals surface area contributed by atoms with Crippen LogP contribution in [0.1, 0.15) is 28.8 Å². The predicted octanol–water partition coefficient (Wildman–Crippen LogP) is 1.21. The van der Waals surface area contributed by atoms with E-state index in [1.165, 1.54) is 43.5 Å². The third-order valence-electron chi connectivity index (χ3n) is 5.45. The Balaban J connectivity index is 2.12. The number of carbonyl (C=O) groups excluding carboxylic acids is 1. The molecule has 0 saturated carbocycles. The fraction of sp³-hybridized carbons (Fsp3) is 0.350. The van der Waals surface area contributed by atoms with Crippen molar-refractivity contribution in [1.82, 2.24) is 10.6 Å².